The Hall–Kier alpha value is -4.47. The molecule has 0 spiro atoms. The third kappa shape index (κ3) is 8.28. The monoisotopic (exact) mass is 553 g/mol. The van der Waals surface area contributed by atoms with Crippen molar-refractivity contribution in [3.8, 4) is 0 Å². The fourth-order valence-electron chi connectivity index (χ4n) is 6.12. The smallest absolute Gasteiger partial charge is 0.105 e. The first-order chi connectivity index (χ1) is 20.6. The number of rotatable bonds is 9. The van der Waals surface area contributed by atoms with E-state index in [1.165, 1.54) is 33.4 Å². The van der Waals surface area contributed by atoms with Crippen LogP contribution >= 0.6 is 0 Å². The van der Waals surface area contributed by atoms with Gasteiger partial charge in [0, 0.05) is 34.1 Å². The maximum Gasteiger partial charge on any atom is 0.105 e. The van der Waals surface area contributed by atoms with Crippen molar-refractivity contribution >= 4 is 5.97 Å². The number of carboxylic acid groups (broad SMARTS) is 1. The molecular weight excluding hydrogens is 514 g/mol. The minimum atomic E-state index is -0.908. The molecule has 5 aromatic rings. The normalized spacial score (nSPS) is 14.2. The zero-order chi connectivity index (χ0) is 29.0. The van der Waals surface area contributed by atoms with Gasteiger partial charge >= 0.3 is 0 Å². The standard InChI is InChI=1S/C28H28N.C11H12O2/c1-5-13-25(14-6-1)21-29(22-26-15-7-2-8-16-26,23-27-17-9-3-10-18-27)24-28-19-11-4-12-20-28;12-11(13)10-6-5-8-3-1-2-4-9(8)7-10/h1-20H,21-24H2;1-4,10H,5-7H2,(H,12,13)/q+1;/p-1. The Labute approximate surface area is 250 Å². The summed E-state index contributed by atoms with van der Waals surface area (Å²) in [6.07, 6.45) is 2.23. The highest BCUT2D eigenvalue weighted by Crippen LogP contribution is 2.28. The van der Waals surface area contributed by atoms with E-state index in [1.807, 2.05) is 18.2 Å². The molecule has 0 radical (unpaired) electrons. The van der Waals surface area contributed by atoms with Gasteiger partial charge in [0.1, 0.15) is 26.2 Å². The van der Waals surface area contributed by atoms with Crippen molar-refractivity contribution in [1.29, 1.82) is 0 Å². The summed E-state index contributed by atoms with van der Waals surface area (Å²) >= 11 is 0. The van der Waals surface area contributed by atoms with Gasteiger partial charge in [0.15, 0.2) is 0 Å². The van der Waals surface area contributed by atoms with E-state index in [0.29, 0.717) is 6.42 Å². The summed E-state index contributed by atoms with van der Waals surface area (Å²) in [6.45, 7) is 4.00. The van der Waals surface area contributed by atoms with Crippen molar-refractivity contribution < 1.29 is 14.4 Å². The van der Waals surface area contributed by atoms with Crippen LogP contribution in [0.1, 0.15) is 39.8 Å². The Morgan fingerprint density at radius 3 is 1.21 bits per heavy atom. The second-order valence-electron chi connectivity index (χ2n) is 11.4. The lowest BCUT2D eigenvalue weighted by Gasteiger charge is -2.39. The van der Waals surface area contributed by atoms with Crippen LogP contribution in [0, 0.1) is 5.92 Å². The van der Waals surface area contributed by atoms with Gasteiger partial charge in [-0.1, -0.05) is 146 Å². The number of aryl methyl sites for hydroxylation is 1. The number of aliphatic carboxylic acids is 1. The van der Waals surface area contributed by atoms with Gasteiger partial charge < -0.3 is 14.4 Å². The zero-order valence-electron chi connectivity index (χ0n) is 24.1. The van der Waals surface area contributed by atoms with Crippen LogP contribution in [-0.4, -0.2) is 10.5 Å². The lowest BCUT2D eigenvalue weighted by molar-refractivity contribution is -0.978. The summed E-state index contributed by atoms with van der Waals surface area (Å²) in [7, 11) is 0. The first kappa shape index (κ1) is 29.0. The van der Waals surface area contributed by atoms with E-state index in [2.05, 4.69) is 127 Å². The Kier molecular flexibility index (Phi) is 9.98. The van der Waals surface area contributed by atoms with E-state index in [1.54, 1.807) is 0 Å². The predicted octanol–water partition coefficient (Wildman–Crippen LogP) is 7.15. The molecule has 0 aliphatic heterocycles. The minimum absolute atomic E-state index is 0.283. The van der Waals surface area contributed by atoms with Gasteiger partial charge in [0.25, 0.3) is 0 Å². The summed E-state index contributed by atoms with van der Waals surface area (Å²) < 4.78 is 0.960. The molecule has 0 amide bonds. The number of quaternary nitrogens is 1. The fourth-order valence-corrected chi connectivity index (χ4v) is 6.12. The fraction of sp³-hybridized carbons (Fsp3) is 0.205. The highest BCUT2D eigenvalue weighted by molar-refractivity contribution is 5.68. The molecule has 5 aromatic carbocycles. The second kappa shape index (κ2) is 14.4. The molecule has 1 unspecified atom stereocenters. The second-order valence-corrected chi connectivity index (χ2v) is 11.4. The first-order valence-electron chi connectivity index (χ1n) is 14.9. The molecule has 1 atom stereocenters. The zero-order valence-corrected chi connectivity index (χ0v) is 24.1. The lowest BCUT2D eigenvalue weighted by Crippen LogP contribution is -2.45. The van der Waals surface area contributed by atoms with Crippen LogP contribution in [0.2, 0.25) is 0 Å². The van der Waals surface area contributed by atoms with E-state index in [9.17, 15) is 9.90 Å². The molecule has 0 N–H and O–H groups in total. The highest BCUT2D eigenvalue weighted by atomic mass is 16.4. The summed E-state index contributed by atoms with van der Waals surface area (Å²) in [4.78, 5) is 10.7. The Morgan fingerprint density at radius 2 is 0.857 bits per heavy atom. The molecule has 1 aliphatic carbocycles. The predicted molar refractivity (Wildman–Crippen MR) is 168 cm³/mol. The number of carbonyl (C=O) groups is 1. The first-order valence-corrected chi connectivity index (χ1v) is 14.9. The summed E-state index contributed by atoms with van der Waals surface area (Å²) in [5, 5.41) is 10.7. The molecule has 0 aromatic heterocycles. The highest BCUT2D eigenvalue weighted by Gasteiger charge is 2.29. The number of hydrogen-bond donors (Lipinski definition) is 0. The van der Waals surface area contributed by atoms with Crippen LogP contribution in [0.5, 0.6) is 0 Å². The van der Waals surface area contributed by atoms with Gasteiger partial charge in [-0.25, -0.2) is 0 Å². The van der Waals surface area contributed by atoms with Gasteiger partial charge in [-0.05, 0) is 30.4 Å². The minimum Gasteiger partial charge on any atom is -0.550 e. The molecule has 0 bridgehead atoms. The van der Waals surface area contributed by atoms with E-state index < -0.39 is 5.97 Å². The van der Waals surface area contributed by atoms with Crippen LogP contribution in [0.4, 0.5) is 0 Å². The number of fused-ring (bicyclic) bond motifs is 1. The topological polar surface area (TPSA) is 40.1 Å². The van der Waals surface area contributed by atoms with E-state index in [-0.39, 0.29) is 5.92 Å². The molecule has 212 valence electrons. The van der Waals surface area contributed by atoms with Crippen molar-refractivity contribution in [3.63, 3.8) is 0 Å². The van der Waals surface area contributed by atoms with Crippen molar-refractivity contribution in [2.24, 2.45) is 5.92 Å². The molecule has 3 nitrogen and oxygen atoms in total. The molecule has 0 saturated heterocycles. The third-order valence-corrected chi connectivity index (χ3v) is 8.12. The van der Waals surface area contributed by atoms with Gasteiger partial charge in [0.2, 0.25) is 0 Å². The van der Waals surface area contributed by atoms with Gasteiger partial charge in [-0.2, -0.15) is 0 Å². The summed E-state index contributed by atoms with van der Waals surface area (Å²) in [5.74, 6) is -1.19. The van der Waals surface area contributed by atoms with Crippen LogP contribution < -0.4 is 5.11 Å². The van der Waals surface area contributed by atoms with Gasteiger partial charge in [0.05, 0.1) is 0 Å². The molecule has 3 heteroatoms. The maximum atomic E-state index is 10.7. The van der Waals surface area contributed by atoms with Gasteiger partial charge in [-0.15, -0.1) is 0 Å². The SMILES string of the molecule is O=C([O-])C1CCc2ccccc2C1.c1ccc(C[N+](Cc2ccccc2)(Cc2ccccc2)Cc2ccccc2)cc1. The van der Waals surface area contributed by atoms with Crippen LogP contribution in [0.15, 0.2) is 146 Å². The molecule has 42 heavy (non-hydrogen) atoms. The molecule has 1 aliphatic rings. The van der Waals surface area contributed by atoms with E-state index in [0.717, 1.165) is 43.5 Å². The number of carbonyl (C=O) groups excluding carboxylic acids is 1. The molecular formula is C39H39NO2. The number of nitrogens with zero attached hydrogens (tertiary/aromatic N) is 1. The molecule has 6 rings (SSSR count). The van der Waals surface area contributed by atoms with Crippen molar-refractivity contribution in [3.05, 3.63) is 179 Å². The number of carboxylic acids is 1. The van der Waals surface area contributed by atoms with Crippen molar-refractivity contribution in [1.82, 2.24) is 0 Å². The number of benzene rings is 5. The molecule has 0 saturated carbocycles. The van der Waals surface area contributed by atoms with Crippen LogP contribution in [0.25, 0.3) is 0 Å². The van der Waals surface area contributed by atoms with Crippen molar-refractivity contribution in [2.75, 3.05) is 0 Å². The number of hydrogen-bond acceptors (Lipinski definition) is 2. The third-order valence-electron chi connectivity index (χ3n) is 8.12. The largest absolute Gasteiger partial charge is 0.550 e. The Balaban J connectivity index is 0.000000226. The summed E-state index contributed by atoms with van der Waals surface area (Å²) in [5.41, 5.74) is 8.00. The average Bonchev–Trinajstić information content (AvgIpc) is 3.03. The summed E-state index contributed by atoms with van der Waals surface area (Å²) in [6, 6.07) is 51.7. The Bertz CT molecular complexity index is 1350. The van der Waals surface area contributed by atoms with Gasteiger partial charge in [-0.3, -0.25) is 0 Å². The molecule has 0 heterocycles. The average molecular weight is 554 g/mol. The van der Waals surface area contributed by atoms with Crippen LogP contribution in [-0.2, 0) is 43.8 Å². The lowest BCUT2D eigenvalue weighted by atomic mass is 9.84. The van der Waals surface area contributed by atoms with Crippen molar-refractivity contribution in [2.45, 2.75) is 45.4 Å². The van der Waals surface area contributed by atoms with E-state index in [4.69, 9.17) is 0 Å². The quantitative estimate of drug-likeness (QED) is 0.182. The van der Waals surface area contributed by atoms with Crippen LogP contribution in [0.3, 0.4) is 0 Å². The van der Waals surface area contributed by atoms with E-state index >= 15 is 0 Å². The maximum absolute atomic E-state index is 10.7. The Morgan fingerprint density at radius 1 is 0.524 bits per heavy atom. The molecule has 0 fully saturated rings.